The molecule has 0 bridgehead atoms. The first-order valence-electron chi connectivity index (χ1n) is 9.39. The fourth-order valence-corrected chi connectivity index (χ4v) is 3.39. The monoisotopic (exact) mass is 368 g/mol. The maximum Gasteiger partial charge on any atom is 0.226 e. The van der Waals surface area contributed by atoms with Gasteiger partial charge in [-0.15, -0.1) is 6.42 Å². The quantitative estimate of drug-likeness (QED) is 0.774. The molecular formula is C23H32N2O2. The lowest BCUT2D eigenvalue weighted by Crippen LogP contribution is -2.23. The number of phenolic OH excluding ortho intramolecular Hbond substituents is 1. The third kappa shape index (κ3) is 4.93. The highest BCUT2D eigenvalue weighted by Gasteiger charge is 2.32. The molecule has 4 heteroatoms. The molecule has 0 radical (unpaired) electrons. The molecule has 1 heterocycles. The maximum absolute atomic E-state index is 10.6. The number of aromatic nitrogens is 1. The third-order valence-electron chi connectivity index (χ3n) is 4.58. The summed E-state index contributed by atoms with van der Waals surface area (Å²) in [6, 6.07) is 3.65. The summed E-state index contributed by atoms with van der Waals surface area (Å²) in [4.78, 5) is 6.79. The molecule has 0 aliphatic carbocycles. The molecule has 0 aliphatic rings. The van der Waals surface area contributed by atoms with Gasteiger partial charge < -0.3 is 9.52 Å². The first-order valence-corrected chi connectivity index (χ1v) is 9.39. The normalized spacial score (nSPS) is 12.4. The zero-order valence-corrected chi connectivity index (χ0v) is 17.7. The molecule has 2 rings (SSSR count). The molecule has 0 unspecified atom stereocenters. The molecule has 0 saturated heterocycles. The standard InChI is InChI=1S/C23H32N2O2/c1-9-13-25(8)14-12-16-15-27-21(24-16)17-10-11-18(26)20(23(5,6)7)19(17)22(2,3)4/h1,10-11,15,26H,12-14H2,2-8H3. The zero-order valence-electron chi connectivity index (χ0n) is 17.7. The molecule has 0 amide bonds. The largest absolute Gasteiger partial charge is 0.508 e. The van der Waals surface area contributed by atoms with Crippen molar-refractivity contribution in [3.8, 4) is 29.5 Å². The number of rotatable bonds is 5. The number of likely N-dealkylation sites (N-methyl/N-ethyl adjacent to an activating group) is 1. The second kappa shape index (κ2) is 7.78. The van der Waals surface area contributed by atoms with Crippen molar-refractivity contribution >= 4 is 0 Å². The lowest BCUT2D eigenvalue weighted by molar-refractivity contribution is 0.379. The number of hydrogen-bond acceptors (Lipinski definition) is 4. The predicted octanol–water partition coefficient (Wildman–Crippen LogP) is 4.75. The van der Waals surface area contributed by atoms with E-state index in [0.29, 0.717) is 18.2 Å². The van der Waals surface area contributed by atoms with Gasteiger partial charge in [-0.1, -0.05) is 47.5 Å². The van der Waals surface area contributed by atoms with Crippen molar-refractivity contribution in [2.45, 2.75) is 58.8 Å². The van der Waals surface area contributed by atoms with Crippen LogP contribution < -0.4 is 0 Å². The van der Waals surface area contributed by atoms with Crippen molar-refractivity contribution in [1.82, 2.24) is 9.88 Å². The van der Waals surface area contributed by atoms with E-state index in [-0.39, 0.29) is 10.8 Å². The number of nitrogens with zero attached hydrogens (tertiary/aromatic N) is 2. The number of benzene rings is 1. The van der Waals surface area contributed by atoms with E-state index in [9.17, 15) is 5.11 Å². The summed E-state index contributed by atoms with van der Waals surface area (Å²) in [5, 5.41) is 10.6. The van der Waals surface area contributed by atoms with Crippen LogP contribution in [0.2, 0.25) is 0 Å². The van der Waals surface area contributed by atoms with Crippen LogP contribution in [0.15, 0.2) is 22.8 Å². The molecule has 1 N–H and O–H groups in total. The van der Waals surface area contributed by atoms with Crippen LogP contribution in [0.25, 0.3) is 11.5 Å². The SMILES string of the molecule is C#CCN(C)CCc1coc(-c2ccc(O)c(C(C)(C)C)c2C(C)(C)C)n1. The van der Waals surface area contributed by atoms with E-state index < -0.39 is 0 Å². The minimum atomic E-state index is -0.198. The van der Waals surface area contributed by atoms with E-state index in [4.69, 9.17) is 15.8 Å². The van der Waals surface area contributed by atoms with E-state index >= 15 is 0 Å². The van der Waals surface area contributed by atoms with Crippen LogP contribution in [0.3, 0.4) is 0 Å². The Kier molecular flexibility index (Phi) is 6.07. The van der Waals surface area contributed by atoms with Gasteiger partial charge in [-0.05, 0) is 35.6 Å². The lowest BCUT2D eigenvalue weighted by atomic mass is 9.72. The zero-order chi connectivity index (χ0) is 20.4. The van der Waals surface area contributed by atoms with Gasteiger partial charge >= 0.3 is 0 Å². The summed E-state index contributed by atoms with van der Waals surface area (Å²) in [6.07, 6.45) is 7.84. The van der Waals surface area contributed by atoms with Crippen LogP contribution in [-0.2, 0) is 17.3 Å². The Morgan fingerprint density at radius 1 is 1.11 bits per heavy atom. The molecule has 0 spiro atoms. The van der Waals surface area contributed by atoms with Gasteiger partial charge in [0.25, 0.3) is 0 Å². The maximum atomic E-state index is 10.6. The minimum Gasteiger partial charge on any atom is -0.508 e. The highest BCUT2D eigenvalue weighted by molar-refractivity contribution is 5.67. The molecule has 2 aromatic rings. The molecule has 27 heavy (non-hydrogen) atoms. The van der Waals surface area contributed by atoms with Crippen molar-refractivity contribution in [1.29, 1.82) is 0 Å². The van der Waals surface area contributed by atoms with Crippen molar-refractivity contribution in [2.24, 2.45) is 0 Å². The Hall–Kier alpha value is -2.25. The Morgan fingerprint density at radius 3 is 2.30 bits per heavy atom. The summed E-state index contributed by atoms with van der Waals surface area (Å²) in [5.41, 5.74) is 3.50. The van der Waals surface area contributed by atoms with E-state index in [1.807, 2.05) is 13.1 Å². The summed E-state index contributed by atoms with van der Waals surface area (Å²) in [5.74, 6) is 3.56. The molecule has 1 aromatic heterocycles. The van der Waals surface area contributed by atoms with Crippen LogP contribution in [0, 0.1) is 12.3 Å². The predicted molar refractivity (Wildman–Crippen MR) is 111 cm³/mol. The molecular weight excluding hydrogens is 336 g/mol. The van der Waals surface area contributed by atoms with Gasteiger partial charge in [0.05, 0.1) is 12.2 Å². The smallest absolute Gasteiger partial charge is 0.226 e. The Labute approximate surface area is 163 Å². The van der Waals surface area contributed by atoms with Crippen molar-refractivity contribution in [3.63, 3.8) is 0 Å². The molecule has 146 valence electrons. The van der Waals surface area contributed by atoms with Gasteiger partial charge in [0.1, 0.15) is 12.0 Å². The van der Waals surface area contributed by atoms with Crippen LogP contribution >= 0.6 is 0 Å². The summed E-state index contributed by atoms with van der Waals surface area (Å²) in [6.45, 7) is 14.2. The van der Waals surface area contributed by atoms with Gasteiger partial charge in [0, 0.05) is 24.1 Å². The van der Waals surface area contributed by atoms with Crippen molar-refractivity contribution in [2.75, 3.05) is 20.1 Å². The van der Waals surface area contributed by atoms with Crippen molar-refractivity contribution in [3.05, 3.63) is 35.2 Å². The fraction of sp³-hybridized carbons (Fsp3) is 0.522. The van der Waals surface area contributed by atoms with E-state index in [2.05, 4.69) is 52.4 Å². The average molecular weight is 369 g/mol. The molecule has 4 nitrogen and oxygen atoms in total. The molecule has 0 saturated carbocycles. The minimum absolute atomic E-state index is 0.168. The number of phenols is 1. The topological polar surface area (TPSA) is 49.5 Å². The highest BCUT2D eigenvalue weighted by Crippen LogP contribution is 2.44. The molecule has 1 aromatic carbocycles. The van der Waals surface area contributed by atoms with E-state index in [1.54, 1.807) is 12.3 Å². The number of aromatic hydroxyl groups is 1. The van der Waals surface area contributed by atoms with Gasteiger partial charge in [0.2, 0.25) is 5.89 Å². The highest BCUT2D eigenvalue weighted by atomic mass is 16.3. The molecule has 0 fully saturated rings. The molecule has 0 atom stereocenters. The number of terminal acetylenes is 1. The Balaban J connectivity index is 2.47. The van der Waals surface area contributed by atoms with Gasteiger partial charge in [-0.25, -0.2) is 4.98 Å². The van der Waals surface area contributed by atoms with Gasteiger partial charge in [-0.3, -0.25) is 4.90 Å². The van der Waals surface area contributed by atoms with Crippen LogP contribution in [0.4, 0.5) is 0 Å². The summed E-state index contributed by atoms with van der Waals surface area (Å²) in [7, 11) is 1.99. The van der Waals surface area contributed by atoms with E-state index in [1.165, 1.54) is 0 Å². The number of hydrogen-bond donors (Lipinski definition) is 1. The third-order valence-corrected chi connectivity index (χ3v) is 4.58. The van der Waals surface area contributed by atoms with Crippen molar-refractivity contribution < 1.29 is 9.52 Å². The second-order valence-electron chi connectivity index (χ2n) is 9.22. The van der Waals surface area contributed by atoms with Crippen LogP contribution in [-0.4, -0.2) is 35.1 Å². The number of oxazole rings is 1. The summed E-state index contributed by atoms with van der Waals surface area (Å²) >= 11 is 0. The van der Waals surface area contributed by atoms with Crippen LogP contribution in [0.1, 0.15) is 58.4 Å². The Morgan fingerprint density at radius 2 is 1.74 bits per heavy atom. The first-order chi connectivity index (χ1) is 12.4. The second-order valence-corrected chi connectivity index (χ2v) is 9.22. The Bertz CT molecular complexity index is 830. The van der Waals surface area contributed by atoms with Gasteiger partial charge in [0.15, 0.2) is 0 Å². The molecule has 0 aliphatic heterocycles. The lowest BCUT2D eigenvalue weighted by Gasteiger charge is -2.32. The first kappa shape index (κ1) is 21.1. The fourth-order valence-electron chi connectivity index (χ4n) is 3.39. The van der Waals surface area contributed by atoms with Gasteiger partial charge in [-0.2, -0.15) is 0 Å². The average Bonchev–Trinajstić information content (AvgIpc) is 2.99. The summed E-state index contributed by atoms with van der Waals surface area (Å²) < 4.78 is 5.83. The van der Waals surface area contributed by atoms with E-state index in [0.717, 1.165) is 35.3 Å². The van der Waals surface area contributed by atoms with Crippen LogP contribution in [0.5, 0.6) is 5.75 Å².